The fraction of sp³-hybridized carbons (Fsp3) is 0.643. The van der Waals surface area contributed by atoms with Crippen LogP contribution in [-0.2, 0) is 4.79 Å². The van der Waals surface area contributed by atoms with Gasteiger partial charge in [0.1, 0.15) is 17.5 Å². The highest BCUT2D eigenvalue weighted by Crippen LogP contribution is 2.18. The van der Waals surface area contributed by atoms with E-state index in [1.807, 2.05) is 19.9 Å². The van der Waals surface area contributed by atoms with Crippen molar-refractivity contribution in [3.05, 3.63) is 11.9 Å². The van der Waals surface area contributed by atoms with Gasteiger partial charge < -0.3 is 16.0 Å². The Bertz CT molecular complexity index is 459. The van der Waals surface area contributed by atoms with E-state index in [1.54, 1.807) is 0 Å². The molecule has 0 aliphatic heterocycles. The second-order valence-corrected chi connectivity index (χ2v) is 5.09. The lowest BCUT2D eigenvalue weighted by atomic mass is 10.3. The largest absolute Gasteiger partial charge is 0.370 e. The van der Waals surface area contributed by atoms with Gasteiger partial charge in [-0.15, -0.1) is 0 Å². The highest BCUT2D eigenvalue weighted by Gasteiger charge is 2.22. The number of nitrogens with one attached hydrogen (secondary N) is 3. The normalized spacial score (nSPS) is 13.9. The van der Waals surface area contributed by atoms with Crippen LogP contribution in [-0.4, -0.2) is 35.0 Å². The molecule has 0 atom stereocenters. The Morgan fingerprint density at radius 2 is 2.00 bits per heavy atom. The SMILES string of the molecule is CCNc1cc(NCCCC(=O)NC2CC2)nc(C)n1. The van der Waals surface area contributed by atoms with Crippen LogP contribution in [0.4, 0.5) is 11.6 Å². The van der Waals surface area contributed by atoms with Crippen LogP contribution in [0.15, 0.2) is 6.07 Å². The zero-order chi connectivity index (χ0) is 14.4. The van der Waals surface area contributed by atoms with E-state index in [1.165, 1.54) is 0 Å². The fourth-order valence-electron chi connectivity index (χ4n) is 1.92. The number of aryl methyl sites for hydroxylation is 1. The Morgan fingerprint density at radius 1 is 1.30 bits per heavy atom. The molecule has 0 aromatic carbocycles. The van der Waals surface area contributed by atoms with Crippen molar-refractivity contribution < 1.29 is 4.79 Å². The van der Waals surface area contributed by atoms with Crippen LogP contribution in [0.3, 0.4) is 0 Å². The lowest BCUT2D eigenvalue weighted by Crippen LogP contribution is -2.25. The molecule has 2 rings (SSSR count). The van der Waals surface area contributed by atoms with Crippen molar-refractivity contribution in [2.45, 2.75) is 45.6 Å². The van der Waals surface area contributed by atoms with Crippen molar-refractivity contribution in [2.75, 3.05) is 23.7 Å². The number of carbonyl (C=O) groups is 1. The Morgan fingerprint density at radius 3 is 2.65 bits per heavy atom. The summed E-state index contributed by atoms with van der Waals surface area (Å²) < 4.78 is 0. The number of carbonyl (C=O) groups excluding carboxylic acids is 1. The average molecular weight is 277 g/mol. The molecule has 0 bridgehead atoms. The molecule has 20 heavy (non-hydrogen) atoms. The molecular weight excluding hydrogens is 254 g/mol. The molecule has 0 spiro atoms. The van der Waals surface area contributed by atoms with E-state index in [0.29, 0.717) is 12.5 Å². The summed E-state index contributed by atoms with van der Waals surface area (Å²) in [5.41, 5.74) is 0. The van der Waals surface area contributed by atoms with Crippen molar-refractivity contribution in [1.29, 1.82) is 0 Å². The van der Waals surface area contributed by atoms with Crippen molar-refractivity contribution in [3.63, 3.8) is 0 Å². The smallest absolute Gasteiger partial charge is 0.220 e. The van der Waals surface area contributed by atoms with E-state index in [4.69, 9.17) is 0 Å². The number of amides is 1. The quantitative estimate of drug-likeness (QED) is 0.630. The second-order valence-electron chi connectivity index (χ2n) is 5.09. The standard InChI is InChI=1S/C14H23N5O/c1-3-15-12-9-13(18-10(2)17-12)16-8-4-5-14(20)19-11-6-7-11/h9,11H,3-8H2,1-2H3,(H,19,20)(H2,15,16,17,18). The maximum Gasteiger partial charge on any atom is 0.220 e. The molecule has 1 fully saturated rings. The summed E-state index contributed by atoms with van der Waals surface area (Å²) in [6.07, 6.45) is 3.64. The Kier molecular flexibility index (Phi) is 5.15. The zero-order valence-electron chi connectivity index (χ0n) is 12.2. The van der Waals surface area contributed by atoms with Gasteiger partial charge in [0.2, 0.25) is 5.91 Å². The summed E-state index contributed by atoms with van der Waals surface area (Å²) in [5.74, 6) is 2.52. The Labute approximate surface area is 119 Å². The lowest BCUT2D eigenvalue weighted by molar-refractivity contribution is -0.121. The first-order chi connectivity index (χ1) is 9.67. The molecule has 1 amide bonds. The van der Waals surface area contributed by atoms with Gasteiger partial charge in [-0.2, -0.15) is 0 Å². The van der Waals surface area contributed by atoms with Crippen molar-refractivity contribution in [2.24, 2.45) is 0 Å². The van der Waals surface area contributed by atoms with Crippen LogP contribution in [0.2, 0.25) is 0 Å². The number of rotatable bonds is 8. The summed E-state index contributed by atoms with van der Waals surface area (Å²) in [6.45, 7) is 5.47. The third kappa shape index (κ3) is 5.03. The summed E-state index contributed by atoms with van der Waals surface area (Å²) in [7, 11) is 0. The second kappa shape index (κ2) is 7.07. The predicted molar refractivity (Wildman–Crippen MR) is 79.8 cm³/mol. The minimum atomic E-state index is 0.154. The minimum Gasteiger partial charge on any atom is -0.370 e. The summed E-state index contributed by atoms with van der Waals surface area (Å²) >= 11 is 0. The van der Waals surface area contributed by atoms with Gasteiger partial charge in [-0.3, -0.25) is 4.79 Å². The Balaban J connectivity index is 1.71. The van der Waals surface area contributed by atoms with Crippen molar-refractivity contribution in [1.82, 2.24) is 15.3 Å². The molecule has 1 heterocycles. The molecule has 0 saturated heterocycles. The molecular formula is C14H23N5O. The molecule has 0 radical (unpaired) electrons. The predicted octanol–water partition coefficient (Wildman–Crippen LogP) is 1.69. The topological polar surface area (TPSA) is 78.9 Å². The van der Waals surface area contributed by atoms with E-state index in [2.05, 4.69) is 25.9 Å². The average Bonchev–Trinajstić information content (AvgIpc) is 3.18. The number of nitrogens with zero attached hydrogens (tertiary/aromatic N) is 2. The monoisotopic (exact) mass is 277 g/mol. The third-order valence-corrected chi connectivity index (χ3v) is 3.03. The molecule has 1 aromatic rings. The minimum absolute atomic E-state index is 0.154. The first-order valence-corrected chi connectivity index (χ1v) is 7.30. The third-order valence-electron chi connectivity index (χ3n) is 3.03. The summed E-state index contributed by atoms with van der Waals surface area (Å²) in [5, 5.41) is 9.39. The molecule has 110 valence electrons. The molecule has 1 aliphatic rings. The number of hydrogen-bond acceptors (Lipinski definition) is 5. The fourth-order valence-corrected chi connectivity index (χ4v) is 1.92. The molecule has 0 unspecified atom stereocenters. The molecule has 1 saturated carbocycles. The first kappa shape index (κ1) is 14.6. The molecule has 1 aliphatic carbocycles. The molecule has 6 heteroatoms. The highest BCUT2D eigenvalue weighted by molar-refractivity contribution is 5.76. The summed E-state index contributed by atoms with van der Waals surface area (Å²) in [6, 6.07) is 2.34. The Hall–Kier alpha value is -1.85. The maximum absolute atomic E-state index is 11.5. The zero-order valence-corrected chi connectivity index (χ0v) is 12.2. The first-order valence-electron chi connectivity index (χ1n) is 7.30. The van der Waals surface area contributed by atoms with E-state index in [9.17, 15) is 4.79 Å². The van der Waals surface area contributed by atoms with Gasteiger partial charge in [-0.25, -0.2) is 9.97 Å². The molecule has 6 nitrogen and oxygen atoms in total. The van der Waals surface area contributed by atoms with Gasteiger partial charge in [0.15, 0.2) is 0 Å². The van der Waals surface area contributed by atoms with Crippen LogP contribution >= 0.6 is 0 Å². The number of anilines is 2. The van der Waals surface area contributed by atoms with Crippen LogP contribution in [0.25, 0.3) is 0 Å². The van der Waals surface area contributed by atoms with Gasteiger partial charge >= 0.3 is 0 Å². The number of aromatic nitrogens is 2. The van der Waals surface area contributed by atoms with Gasteiger partial charge in [0.25, 0.3) is 0 Å². The lowest BCUT2D eigenvalue weighted by Gasteiger charge is -2.09. The van der Waals surface area contributed by atoms with Gasteiger partial charge in [0, 0.05) is 31.6 Å². The van der Waals surface area contributed by atoms with E-state index in [-0.39, 0.29) is 5.91 Å². The van der Waals surface area contributed by atoms with E-state index < -0.39 is 0 Å². The summed E-state index contributed by atoms with van der Waals surface area (Å²) in [4.78, 5) is 20.1. The molecule has 3 N–H and O–H groups in total. The van der Waals surface area contributed by atoms with Crippen LogP contribution in [0, 0.1) is 6.92 Å². The van der Waals surface area contributed by atoms with Crippen LogP contribution in [0.5, 0.6) is 0 Å². The van der Waals surface area contributed by atoms with E-state index >= 15 is 0 Å². The van der Waals surface area contributed by atoms with Crippen LogP contribution < -0.4 is 16.0 Å². The maximum atomic E-state index is 11.5. The highest BCUT2D eigenvalue weighted by atomic mass is 16.1. The molecule has 1 aromatic heterocycles. The number of hydrogen-bond donors (Lipinski definition) is 3. The van der Waals surface area contributed by atoms with Crippen molar-refractivity contribution >= 4 is 17.5 Å². The van der Waals surface area contributed by atoms with Gasteiger partial charge in [-0.05, 0) is 33.1 Å². The van der Waals surface area contributed by atoms with Gasteiger partial charge in [0.05, 0.1) is 0 Å². The van der Waals surface area contributed by atoms with Gasteiger partial charge in [-0.1, -0.05) is 0 Å². The van der Waals surface area contributed by atoms with Crippen molar-refractivity contribution in [3.8, 4) is 0 Å². The van der Waals surface area contributed by atoms with Crippen LogP contribution in [0.1, 0.15) is 38.4 Å². The van der Waals surface area contributed by atoms with E-state index in [0.717, 1.165) is 49.8 Å².